The van der Waals surface area contributed by atoms with E-state index in [9.17, 15) is 0 Å². The van der Waals surface area contributed by atoms with Gasteiger partial charge in [0.1, 0.15) is 12.4 Å². The van der Waals surface area contributed by atoms with Gasteiger partial charge < -0.3 is 10.5 Å². The van der Waals surface area contributed by atoms with Crippen LogP contribution in [0.4, 0.5) is 0 Å². The Morgan fingerprint density at radius 1 is 1.40 bits per heavy atom. The summed E-state index contributed by atoms with van der Waals surface area (Å²) in [6.07, 6.45) is 4.48. The third-order valence-electron chi connectivity index (χ3n) is 2.86. The van der Waals surface area contributed by atoms with E-state index < -0.39 is 0 Å². The van der Waals surface area contributed by atoms with Gasteiger partial charge in [-0.15, -0.1) is 0 Å². The Kier molecular flexibility index (Phi) is 2.96. The molecule has 0 bridgehead atoms. The SMILES string of the molecule is CCCc1cccc(OCC2(N)CC2)c1. The summed E-state index contributed by atoms with van der Waals surface area (Å²) in [5, 5.41) is 0. The molecule has 0 aromatic heterocycles. The first-order valence-corrected chi connectivity index (χ1v) is 5.72. The van der Waals surface area contributed by atoms with Gasteiger partial charge in [-0.3, -0.25) is 0 Å². The first-order chi connectivity index (χ1) is 7.22. The average Bonchev–Trinajstić information content (AvgIpc) is 2.96. The summed E-state index contributed by atoms with van der Waals surface area (Å²) in [4.78, 5) is 0. The molecule has 2 nitrogen and oxygen atoms in total. The molecule has 2 heteroatoms. The van der Waals surface area contributed by atoms with Crippen LogP contribution in [0.1, 0.15) is 31.7 Å². The van der Waals surface area contributed by atoms with Gasteiger partial charge >= 0.3 is 0 Å². The number of rotatable bonds is 5. The molecule has 1 aliphatic rings. The van der Waals surface area contributed by atoms with Gasteiger partial charge in [-0.2, -0.15) is 0 Å². The molecule has 2 rings (SSSR count). The number of hydrogen-bond acceptors (Lipinski definition) is 2. The van der Waals surface area contributed by atoms with Gasteiger partial charge in [0.2, 0.25) is 0 Å². The monoisotopic (exact) mass is 205 g/mol. The lowest BCUT2D eigenvalue weighted by Gasteiger charge is -2.11. The molecule has 2 N–H and O–H groups in total. The molecule has 1 aliphatic carbocycles. The zero-order valence-electron chi connectivity index (χ0n) is 9.33. The molecule has 0 heterocycles. The van der Waals surface area contributed by atoms with Gasteiger partial charge in [-0.05, 0) is 37.0 Å². The molecule has 0 amide bonds. The molecular weight excluding hydrogens is 186 g/mol. The van der Waals surface area contributed by atoms with E-state index in [4.69, 9.17) is 10.5 Å². The Hall–Kier alpha value is -1.02. The van der Waals surface area contributed by atoms with Gasteiger partial charge in [-0.25, -0.2) is 0 Å². The molecule has 0 spiro atoms. The topological polar surface area (TPSA) is 35.2 Å². The Bertz CT molecular complexity index is 331. The Morgan fingerprint density at radius 2 is 2.20 bits per heavy atom. The minimum absolute atomic E-state index is 0.0270. The fourth-order valence-electron chi connectivity index (χ4n) is 1.61. The molecule has 1 fully saturated rings. The summed E-state index contributed by atoms with van der Waals surface area (Å²) in [5.74, 6) is 0.956. The minimum Gasteiger partial charge on any atom is -0.492 e. The highest BCUT2D eigenvalue weighted by atomic mass is 16.5. The quantitative estimate of drug-likeness (QED) is 0.801. The maximum Gasteiger partial charge on any atom is 0.119 e. The number of ether oxygens (including phenoxy) is 1. The maximum absolute atomic E-state index is 5.97. The average molecular weight is 205 g/mol. The predicted molar refractivity (Wildman–Crippen MR) is 62.1 cm³/mol. The van der Waals surface area contributed by atoms with E-state index in [1.165, 1.54) is 12.0 Å². The third-order valence-corrected chi connectivity index (χ3v) is 2.86. The zero-order chi connectivity index (χ0) is 10.7. The van der Waals surface area contributed by atoms with Gasteiger partial charge in [-0.1, -0.05) is 25.5 Å². The fourth-order valence-corrected chi connectivity index (χ4v) is 1.61. The summed E-state index contributed by atoms with van der Waals surface area (Å²) in [7, 11) is 0. The van der Waals surface area contributed by atoms with Crippen molar-refractivity contribution >= 4 is 0 Å². The van der Waals surface area contributed by atoms with Crippen molar-refractivity contribution in [3.05, 3.63) is 29.8 Å². The second-order valence-electron chi connectivity index (χ2n) is 4.55. The normalized spacial score (nSPS) is 17.5. The molecule has 1 saturated carbocycles. The van der Waals surface area contributed by atoms with Gasteiger partial charge in [0.15, 0.2) is 0 Å². The second kappa shape index (κ2) is 4.23. The van der Waals surface area contributed by atoms with Crippen LogP contribution in [-0.4, -0.2) is 12.1 Å². The van der Waals surface area contributed by atoms with Crippen LogP contribution in [0.25, 0.3) is 0 Å². The smallest absolute Gasteiger partial charge is 0.119 e. The summed E-state index contributed by atoms with van der Waals surface area (Å²) in [5.41, 5.74) is 7.28. The van der Waals surface area contributed by atoms with Crippen molar-refractivity contribution in [3.63, 3.8) is 0 Å². The first kappa shape index (κ1) is 10.5. The molecule has 82 valence electrons. The molecular formula is C13H19NO. The van der Waals surface area contributed by atoms with E-state index >= 15 is 0 Å². The summed E-state index contributed by atoms with van der Waals surface area (Å²) in [6, 6.07) is 8.32. The second-order valence-corrected chi connectivity index (χ2v) is 4.55. The highest BCUT2D eigenvalue weighted by Crippen LogP contribution is 2.32. The highest BCUT2D eigenvalue weighted by molar-refractivity contribution is 5.28. The maximum atomic E-state index is 5.97. The molecule has 1 aromatic carbocycles. The van der Waals surface area contributed by atoms with Crippen LogP contribution in [0.2, 0.25) is 0 Å². The van der Waals surface area contributed by atoms with Crippen molar-refractivity contribution in [2.75, 3.05) is 6.61 Å². The van der Waals surface area contributed by atoms with Crippen molar-refractivity contribution in [2.24, 2.45) is 5.73 Å². The standard InChI is InChI=1S/C13H19NO/c1-2-4-11-5-3-6-12(9-11)15-10-13(14)7-8-13/h3,5-6,9H,2,4,7-8,10,14H2,1H3. The highest BCUT2D eigenvalue weighted by Gasteiger charge is 2.39. The van der Waals surface area contributed by atoms with Crippen molar-refractivity contribution in [1.29, 1.82) is 0 Å². The van der Waals surface area contributed by atoms with Crippen LogP contribution in [0.3, 0.4) is 0 Å². The predicted octanol–water partition coefficient (Wildman–Crippen LogP) is 2.51. The van der Waals surface area contributed by atoms with Crippen LogP contribution >= 0.6 is 0 Å². The fraction of sp³-hybridized carbons (Fsp3) is 0.538. The molecule has 0 saturated heterocycles. The Balaban J connectivity index is 1.92. The van der Waals surface area contributed by atoms with Crippen LogP contribution in [0.15, 0.2) is 24.3 Å². The largest absolute Gasteiger partial charge is 0.492 e. The van der Waals surface area contributed by atoms with Crippen LogP contribution < -0.4 is 10.5 Å². The van der Waals surface area contributed by atoms with E-state index in [1.54, 1.807) is 0 Å². The zero-order valence-corrected chi connectivity index (χ0v) is 9.33. The molecule has 0 radical (unpaired) electrons. The molecule has 0 unspecified atom stereocenters. The summed E-state index contributed by atoms with van der Waals surface area (Å²) >= 11 is 0. The lowest BCUT2D eigenvalue weighted by Crippen LogP contribution is -2.29. The minimum atomic E-state index is -0.0270. The van der Waals surface area contributed by atoms with E-state index in [1.807, 2.05) is 6.07 Å². The van der Waals surface area contributed by atoms with Crippen molar-refractivity contribution in [1.82, 2.24) is 0 Å². The van der Waals surface area contributed by atoms with E-state index in [2.05, 4.69) is 25.1 Å². The Morgan fingerprint density at radius 3 is 2.87 bits per heavy atom. The van der Waals surface area contributed by atoms with Gasteiger partial charge in [0.05, 0.1) is 5.54 Å². The van der Waals surface area contributed by atoms with Crippen LogP contribution in [0.5, 0.6) is 5.75 Å². The summed E-state index contributed by atoms with van der Waals surface area (Å²) < 4.78 is 5.69. The number of nitrogens with two attached hydrogens (primary N) is 1. The van der Waals surface area contributed by atoms with E-state index in [-0.39, 0.29) is 5.54 Å². The van der Waals surface area contributed by atoms with E-state index in [0.717, 1.165) is 25.0 Å². The number of aryl methyl sites for hydroxylation is 1. The van der Waals surface area contributed by atoms with E-state index in [0.29, 0.717) is 6.61 Å². The number of hydrogen-bond donors (Lipinski definition) is 1. The molecule has 15 heavy (non-hydrogen) atoms. The molecule has 0 aliphatic heterocycles. The Labute approximate surface area is 91.4 Å². The molecule has 1 aromatic rings. The van der Waals surface area contributed by atoms with Crippen molar-refractivity contribution in [2.45, 2.75) is 38.1 Å². The van der Waals surface area contributed by atoms with Crippen LogP contribution in [0, 0.1) is 0 Å². The van der Waals surface area contributed by atoms with Crippen LogP contribution in [-0.2, 0) is 6.42 Å². The van der Waals surface area contributed by atoms with Gasteiger partial charge in [0.25, 0.3) is 0 Å². The molecule has 0 atom stereocenters. The third kappa shape index (κ3) is 2.96. The van der Waals surface area contributed by atoms with Crippen molar-refractivity contribution in [3.8, 4) is 5.75 Å². The van der Waals surface area contributed by atoms with Crippen molar-refractivity contribution < 1.29 is 4.74 Å². The van der Waals surface area contributed by atoms with Gasteiger partial charge in [0, 0.05) is 0 Å². The first-order valence-electron chi connectivity index (χ1n) is 5.72. The lowest BCUT2D eigenvalue weighted by atomic mass is 10.1. The number of benzene rings is 1. The summed E-state index contributed by atoms with van der Waals surface area (Å²) in [6.45, 7) is 2.84. The lowest BCUT2D eigenvalue weighted by molar-refractivity contribution is 0.279.